The van der Waals surface area contributed by atoms with Gasteiger partial charge in [-0.3, -0.25) is 14.5 Å². The second-order valence-electron chi connectivity index (χ2n) is 7.12. The van der Waals surface area contributed by atoms with Crippen molar-refractivity contribution in [1.29, 1.82) is 0 Å². The monoisotopic (exact) mass is 310 g/mol. The van der Waals surface area contributed by atoms with Crippen molar-refractivity contribution >= 4 is 0 Å². The highest BCUT2D eigenvalue weighted by Crippen LogP contribution is 2.44. The van der Waals surface area contributed by atoms with Crippen LogP contribution in [0.5, 0.6) is 0 Å². The molecule has 1 aromatic heterocycles. The summed E-state index contributed by atoms with van der Waals surface area (Å²) in [5, 5.41) is 4.41. The van der Waals surface area contributed by atoms with Gasteiger partial charge in [-0.15, -0.1) is 0 Å². The summed E-state index contributed by atoms with van der Waals surface area (Å²) in [4.78, 5) is 5.17. The standard InChI is InChI=1S/C19H26N4/c1-3-23-11-15(9-20-23)10-22-13-17-12-21(2)19(18(17)14-22)16-7-5-4-6-8-16/h4-9,11,17-19H,3,10,12-14H2,1-2H3/t17-,18+,19-/m0/s1. The maximum Gasteiger partial charge on any atom is 0.0534 e. The van der Waals surface area contributed by atoms with Crippen molar-refractivity contribution in [3.63, 3.8) is 0 Å². The summed E-state index contributed by atoms with van der Waals surface area (Å²) < 4.78 is 2.02. The minimum Gasteiger partial charge on any atom is -0.299 e. The van der Waals surface area contributed by atoms with Crippen LogP contribution in [0, 0.1) is 11.8 Å². The third-order valence-electron chi connectivity index (χ3n) is 5.53. The first-order valence-corrected chi connectivity index (χ1v) is 8.73. The lowest BCUT2D eigenvalue weighted by Gasteiger charge is -2.26. The number of aryl methyl sites for hydroxylation is 1. The largest absolute Gasteiger partial charge is 0.299 e. The molecule has 0 saturated carbocycles. The first-order chi connectivity index (χ1) is 11.2. The Morgan fingerprint density at radius 2 is 1.96 bits per heavy atom. The van der Waals surface area contributed by atoms with Gasteiger partial charge in [0.05, 0.1) is 6.20 Å². The number of benzene rings is 1. The molecule has 0 spiro atoms. The van der Waals surface area contributed by atoms with E-state index >= 15 is 0 Å². The summed E-state index contributed by atoms with van der Waals surface area (Å²) in [5.41, 5.74) is 2.82. The molecule has 0 radical (unpaired) electrons. The summed E-state index contributed by atoms with van der Waals surface area (Å²) >= 11 is 0. The van der Waals surface area contributed by atoms with E-state index in [0.29, 0.717) is 6.04 Å². The molecule has 23 heavy (non-hydrogen) atoms. The van der Waals surface area contributed by atoms with Crippen molar-refractivity contribution in [2.24, 2.45) is 11.8 Å². The van der Waals surface area contributed by atoms with Gasteiger partial charge in [-0.05, 0) is 31.4 Å². The Labute approximate surface area is 138 Å². The van der Waals surface area contributed by atoms with Gasteiger partial charge in [-0.1, -0.05) is 30.3 Å². The molecule has 2 aliphatic rings. The molecular formula is C19H26N4. The predicted octanol–water partition coefficient (Wildman–Crippen LogP) is 2.64. The maximum atomic E-state index is 4.41. The highest BCUT2D eigenvalue weighted by Gasteiger charge is 2.45. The fraction of sp³-hybridized carbons (Fsp3) is 0.526. The number of nitrogens with zero attached hydrogens (tertiary/aromatic N) is 4. The molecule has 1 aromatic carbocycles. The fourth-order valence-corrected chi connectivity index (χ4v) is 4.55. The van der Waals surface area contributed by atoms with Crippen molar-refractivity contribution in [2.75, 3.05) is 26.7 Å². The average molecular weight is 310 g/mol. The number of likely N-dealkylation sites (tertiary alicyclic amines) is 2. The number of hydrogen-bond acceptors (Lipinski definition) is 3. The van der Waals surface area contributed by atoms with Crippen LogP contribution in [0.2, 0.25) is 0 Å². The highest BCUT2D eigenvalue weighted by atomic mass is 15.3. The minimum atomic E-state index is 0.574. The molecule has 0 bridgehead atoms. The summed E-state index contributed by atoms with van der Waals surface area (Å²) in [6, 6.07) is 11.6. The Balaban J connectivity index is 1.47. The Kier molecular flexibility index (Phi) is 3.95. The third-order valence-corrected chi connectivity index (χ3v) is 5.53. The van der Waals surface area contributed by atoms with E-state index in [-0.39, 0.29) is 0 Å². The van der Waals surface area contributed by atoms with E-state index in [2.05, 4.69) is 65.4 Å². The second-order valence-corrected chi connectivity index (χ2v) is 7.12. The molecule has 2 aromatic rings. The van der Waals surface area contributed by atoms with Crippen LogP contribution < -0.4 is 0 Å². The van der Waals surface area contributed by atoms with E-state index in [1.165, 1.54) is 30.8 Å². The SMILES string of the molecule is CCn1cc(CN2C[C@@H]3CN(C)[C@@H](c4ccccc4)[C@@H]3C2)cn1. The zero-order valence-electron chi connectivity index (χ0n) is 14.1. The molecule has 122 valence electrons. The molecule has 0 N–H and O–H groups in total. The number of fused-ring (bicyclic) bond motifs is 1. The van der Waals surface area contributed by atoms with Gasteiger partial charge >= 0.3 is 0 Å². The topological polar surface area (TPSA) is 24.3 Å². The number of rotatable bonds is 4. The molecule has 2 aliphatic heterocycles. The van der Waals surface area contributed by atoms with Gasteiger partial charge in [0.2, 0.25) is 0 Å². The van der Waals surface area contributed by atoms with E-state index in [9.17, 15) is 0 Å². The van der Waals surface area contributed by atoms with Crippen molar-refractivity contribution < 1.29 is 0 Å². The van der Waals surface area contributed by atoms with Crippen LogP contribution in [0.25, 0.3) is 0 Å². The van der Waals surface area contributed by atoms with Crippen molar-refractivity contribution in [1.82, 2.24) is 19.6 Å². The van der Waals surface area contributed by atoms with Gasteiger partial charge in [0.1, 0.15) is 0 Å². The molecule has 3 atom stereocenters. The quantitative estimate of drug-likeness (QED) is 0.868. The molecule has 4 rings (SSSR count). The Hall–Kier alpha value is -1.65. The van der Waals surface area contributed by atoms with Crippen LogP contribution in [0.4, 0.5) is 0 Å². The van der Waals surface area contributed by atoms with E-state index in [1.54, 1.807) is 0 Å². The number of hydrogen-bond donors (Lipinski definition) is 0. The minimum absolute atomic E-state index is 0.574. The molecule has 4 heteroatoms. The van der Waals surface area contributed by atoms with Crippen LogP contribution >= 0.6 is 0 Å². The van der Waals surface area contributed by atoms with Crippen molar-refractivity contribution in [3.8, 4) is 0 Å². The first kappa shape index (κ1) is 14.9. The second kappa shape index (κ2) is 6.10. The van der Waals surface area contributed by atoms with Gasteiger partial charge in [-0.2, -0.15) is 5.10 Å². The van der Waals surface area contributed by atoms with Crippen LogP contribution in [0.3, 0.4) is 0 Å². The smallest absolute Gasteiger partial charge is 0.0534 e. The summed E-state index contributed by atoms with van der Waals surface area (Å²) in [6.45, 7) is 7.76. The van der Waals surface area contributed by atoms with Crippen molar-refractivity contribution in [3.05, 3.63) is 53.9 Å². The van der Waals surface area contributed by atoms with E-state index < -0.39 is 0 Å². The van der Waals surface area contributed by atoms with Crippen LogP contribution in [0.15, 0.2) is 42.7 Å². The van der Waals surface area contributed by atoms with Gasteiger partial charge in [0.15, 0.2) is 0 Å². The summed E-state index contributed by atoms with van der Waals surface area (Å²) in [5.74, 6) is 1.55. The normalized spacial score (nSPS) is 28.3. The van der Waals surface area contributed by atoms with Crippen LogP contribution in [-0.4, -0.2) is 46.3 Å². The lowest BCUT2D eigenvalue weighted by atomic mass is 9.90. The number of aromatic nitrogens is 2. The van der Waals surface area contributed by atoms with Crippen molar-refractivity contribution in [2.45, 2.75) is 26.1 Å². The van der Waals surface area contributed by atoms with E-state index in [1.807, 2.05) is 10.9 Å². The van der Waals surface area contributed by atoms with Gasteiger partial charge in [-0.25, -0.2) is 0 Å². The van der Waals surface area contributed by atoms with E-state index in [0.717, 1.165) is 24.9 Å². The van der Waals surface area contributed by atoms with Crippen LogP contribution in [0.1, 0.15) is 24.1 Å². The fourth-order valence-electron chi connectivity index (χ4n) is 4.55. The lowest BCUT2D eigenvalue weighted by molar-refractivity contribution is 0.224. The van der Waals surface area contributed by atoms with Gasteiger partial charge in [0, 0.05) is 50.5 Å². The molecule has 3 heterocycles. The lowest BCUT2D eigenvalue weighted by Crippen LogP contribution is -2.28. The molecule has 0 unspecified atom stereocenters. The Morgan fingerprint density at radius 1 is 1.13 bits per heavy atom. The third kappa shape index (κ3) is 2.81. The first-order valence-electron chi connectivity index (χ1n) is 8.73. The van der Waals surface area contributed by atoms with Crippen LogP contribution in [-0.2, 0) is 13.1 Å². The molecule has 0 aliphatic carbocycles. The molecule has 4 nitrogen and oxygen atoms in total. The highest BCUT2D eigenvalue weighted by molar-refractivity contribution is 5.22. The van der Waals surface area contributed by atoms with E-state index in [4.69, 9.17) is 0 Å². The Morgan fingerprint density at radius 3 is 2.70 bits per heavy atom. The average Bonchev–Trinajstić information content (AvgIpc) is 3.23. The summed E-state index contributed by atoms with van der Waals surface area (Å²) in [7, 11) is 2.28. The molecule has 0 amide bonds. The summed E-state index contributed by atoms with van der Waals surface area (Å²) in [6.07, 6.45) is 4.22. The molecule has 2 fully saturated rings. The Bertz CT molecular complexity index is 650. The zero-order chi connectivity index (χ0) is 15.8. The molecule has 2 saturated heterocycles. The van der Waals surface area contributed by atoms with Gasteiger partial charge in [0.25, 0.3) is 0 Å². The zero-order valence-corrected chi connectivity index (χ0v) is 14.1. The predicted molar refractivity (Wildman–Crippen MR) is 92.0 cm³/mol. The molecular weight excluding hydrogens is 284 g/mol. The van der Waals surface area contributed by atoms with Gasteiger partial charge < -0.3 is 0 Å². The maximum absolute atomic E-state index is 4.41.